The van der Waals surface area contributed by atoms with Gasteiger partial charge in [-0.1, -0.05) is 6.92 Å². The predicted octanol–water partition coefficient (Wildman–Crippen LogP) is 1.92. The number of rotatable bonds is 4. The summed E-state index contributed by atoms with van der Waals surface area (Å²) in [6, 6.07) is 1.57. The number of esters is 1. The maximum Gasteiger partial charge on any atom is 0.350 e. The zero-order chi connectivity index (χ0) is 14.8. The van der Waals surface area contributed by atoms with Gasteiger partial charge in [0, 0.05) is 13.1 Å². The molecule has 1 aromatic rings. The predicted molar refractivity (Wildman–Crippen MR) is 78.2 cm³/mol. The Morgan fingerprint density at radius 1 is 1.45 bits per heavy atom. The molecule has 2 heterocycles. The Labute approximate surface area is 122 Å². The van der Waals surface area contributed by atoms with Crippen LogP contribution in [-0.2, 0) is 14.9 Å². The molecule has 1 fully saturated rings. The van der Waals surface area contributed by atoms with E-state index in [1.165, 1.54) is 11.4 Å². The second-order valence-corrected chi connectivity index (χ2v) is 7.43. The Kier molecular flexibility index (Phi) is 4.66. The van der Waals surface area contributed by atoms with E-state index in [-0.39, 0.29) is 10.6 Å². The zero-order valence-corrected chi connectivity index (χ0v) is 13.1. The molecule has 0 aliphatic carbocycles. The van der Waals surface area contributed by atoms with Crippen LogP contribution in [0.3, 0.4) is 0 Å². The molecule has 0 unspecified atom stereocenters. The molecule has 1 aliphatic rings. The molecule has 1 N–H and O–H groups in total. The second-order valence-electron chi connectivity index (χ2n) is 4.84. The highest BCUT2D eigenvalue weighted by Gasteiger charge is 2.28. The first-order valence-corrected chi connectivity index (χ1v) is 8.69. The monoisotopic (exact) mass is 318 g/mol. The van der Waals surface area contributed by atoms with Gasteiger partial charge in [0.05, 0.1) is 12.8 Å². The lowest BCUT2D eigenvalue weighted by Gasteiger charge is -2.29. The van der Waals surface area contributed by atoms with Crippen LogP contribution in [-0.4, -0.2) is 38.9 Å². The van der Waals surface area contributed by atoms with E-state index in [0.717, 1.165) is 24.2 Å². The van der Waals surface area contributed by atoms with E-state index in [0.29, 0.717) is 19.0 Å². The minimum absolute atomic E-state index is 0.265. The summed E-state index contributed by atoms with van der Waals surface area (Å²) in [6.07, 6.45) is 1.71. The van der Waals surface area contributed by atoms with E-state index < -0.39 is 16.2 Å². The van der Waals surface area contributed by atoms with Crippen molar-refractivity contribution in [3.8, 4) is 0 Å². The van der Waals surface area contributed by atoms with Crippen molar-refractivity contribution >= 4 is 33.2 Å². The van der Waals surface area contributed by atoms with E-state index >= 15 is 0 Å². The third kappa shape index (κ3) is 3.31. The molecule has 8 heteroatoms. The van der Waals surface area contributed by atoms with Crippen molar-refractivity contribution in [2.45, 2.75) is 19.8 Å². The average Bonchev–Trinajstić information content (AvgIpc) is 2.85. The highest BCUT2D eigenvalue weighted by Crippen LogP contribution is 2.26. The van der Waals surface area contributed by atoms with Crippen LogP contribution in [0.2, 0.25) is 0 Å². The Bertz CT molecular complexity index is 574. The van der Waals surface area contributed by atoms with Gasteiger partial charge in [-0.2, -0.15) is 12.7 Å². The number of nitrogens with one attached hydrogen (secondary N) is 1. The van der Waals surface area contributed by atoms with E-state index in [2.05, 4.69) is 16.4 Å². The Hall–Kier alpha value is -1.12. The summed E-state index contributed by atoms with van der Waals surface area (Å²) in [5, 5.41) is 1.66. The fourth-order valence-electron chi connectivity index (χ4n) is 2.07. The number of thiophene rings is 1. The van der Waals surface area contributed by atoms with Gasteiger partial charge in [-0.05, 0) is 30.2 Å². The Balaban J connectivity index is 2.13. The molecule has 1 saturated heterocycles. The van der Waals surface area contributed by atoms with Gasteiger partial charge in [-0.15, -0.1) is 11.3 Å². The number of anilines is 1. The normalized spacial score (nSPS) is 17.9. The molecular formula is C12H18N2O4S2. The summed E-state index contributed by atoms with van der Waals surface area (Å²) in [5.41, 5.74) is 0.278. The van der Waals surface area contributed by atoms with Crippen molar-refractivity contribution in [3.05, 3.63) is 16.3 Å². The number of carbonyl (C=O) groups excluding carboxylic acids is 1. The summed E-state index contributed by atoms with van der Waals surface area (Å²) >= 11 is 1.15. The molecule has 0 spiro atoms. The van der Waals surface area contributed by atoms with Crippen LogP contribution in [0.1, 0.15) is 29.4 Å². The van der Waals surface area contributed by atoms with Crippen molar-refractivity contribution in [2.24, 2.45) is 5.92 Å². The van der Waals surface area contributed by atoms with Gasteiger partial charge >= 0.3 is 16.2 Å². The minimum atomic E-state index is -3.61. The Morgan fingerprint density at radius 3 is 2.70 bits per heavy atom. The van der Waals surface area contributed by atoms with E-state index in [4.69, 9.17) is 0 Å². The smallest absolute Gasteiger partial charge is 0.350 e. The molecule has 0 saturated carbocycles. The molecule has 20 heavy (non-hydrogen) atoms. The molecular weight excluding hydrogens is 300 g/mol. The zero-order valence-electron chi connectivity index (χ0n) is 11.5. The summed E-state index contributed by atoms with van der Waals surface area (Å²) in [4.78, 5) is 11.8. The van der Waals surface area contributed by atoms with Crippen molar-refractivity contribution in [1.29, 1.82) is 0 Å². The minimum Gasteiger partial charge on any atom is -0.465 e. The van der Waals surface area contributed by atoms with Gasteiger partial charge in [0.15, 0.2) is 0 Å². The first-order chi connectivity index (χ1) is 9.44. The van der Waals surface area contributed by atoms with Gasteiger partial charge in [-0.3, -0.25) is 4.72 Å². The van der Waals surface area contributed by atoms with Gasteiger partial charge in [0.1, 0.15) is 4.88 Å². The molecule has 1 aliphatic heterocycles. The maximum absolute atomic E-state index is 12.3. The number of nitrogens with zero attached hydrogens (tertiary/aromatic N) is 1. The van der Waals surface area contributed by atoms with Crippen molar-refractivity contribution in [1.82, 2.24) is 4.31 Å². The number of piperidine rings is 1. The van der Waals surface area contributed by atoms with Gasteiger partial charge < -0.3 is 4.74 Å². The summed E-state index contributed by atoms with van der Waals surface area (Å²) in [5.74, 6) is 0.0122. The third-order valence-electron chi connectivity index (χ3n) is 3.36. The lowest BCUT2D eigenvalue weighted by Crippen LogP contribution is -2.41. The van der Waals surface area contributed by atoms with Gasteiger partial charge in [0.25, 0.3) is 0 Å². The van der Waals surface area contributed by atoms with Crippen LogP contribution in [0.15, 0.2) is 11.4 Å². The number of hydrogen-bond donors (Lipinski definition) is 1. The second kappa shape index (κ2) is 6.11. The molecule has 0 radical (unpaired) electrons. The molecule has 0 bridgehead atoms. The van der Waals surface area contributed by atoms with Crippen LogP contribution in [0.5, 0.6) is 0 Å². The lowest BCUT2D eigenvalue weighted by molar-refractivity contribution is 0.0607. The maximum atomic E-state index is 12.3. The Morgan fingerprint density at radius 2 is 2.10 bits per heavy atom. The first-order valence-electron chi connectivity index (χ1n) is 6.37. The fraction of sp³-hybridized carbons (Fsp3) is 0.583. The summed E-state index contributed by atoms with van der Waals surface area (Å²) in [7, 11) is -2.34. The fourth-order valence-corrected chi connectivity index (χ4v) is 4.17. The largest absolute Gasteiger partial charge is 0.465 e. The van der Waals surface area contributed by atoms with Crippen LogP contribution in [0.25, 0.3) is 0 Å². The van der Waals surface area contributed by atoms with Crippen molar-refractivity contribution < 1.29 is 17.9 Å². The van der Waals surface area contributed by atoms with E-state index in [1.54, 1.807) is 11.4 Å². The van der Waals surface area contributed by atoms with Gasteiger partial charge in [0.2, 0.25) is 0 Å². The van der Waals surface area contributed by atoms with Crippen LogP contribution in [0, 0.1) is 5.92 Å². The average molecular weight is 318 g/mol. The molecule has 2 rings (SSSR count). The molecule has 6 nitrogen and oxygen atoms in total. The number of hydrogen-bond acceptors (Lipinski definition) is 5. The third-order valence-corrected chi connectivity index (χ3v) is 5.77. The highest BCUT2D eigenvalue weighted by atomic mass is 32.2. The topological polar surface area (TPSA) is 75.7 Å². The number of ether oxygens (including phenoxy) is 1. The number of methoxy groups -OCH3 is 1. The van der Waals surface area contributed by atoms with Crippen LogP contribution >= 0.6 is 11.3 Å². The summed E-state index contributed by atoms with van der Waals surface area (Å²) < 4.78 is 33.1. The quantitative estimate of drug-likeness (QED) is 0.861. The first kappa shape index (κ1) is 15.3. The standard InChI is InChI=1S/C12H18N2O4S2/c1-9-3-6-14(7-4-9)20(16,17)13-10-5-8-19-11(10)12(15)18-2/h5,8-9,13H,3-4,6-7H2,1-2H3. The molecule has 0 aromatic carbocycles. The van der Waals surface area contributed by atoms with Crippen LogP contribution < -0.4 is 4.72 Å². The van der Waals surface area contributed by atoms with Crippen molar-refractivity contribution in [3.63, 3.8) is 0 Å². The van der Waals surface area contributed by atoms with Crippen LogP contribution in [0.4, 0.5) is 5.69 Å². The molecule has 1 aromatic heterocycles. The molecule has 0 amide bonds. The van der Waals surface area contributed by atoms with E-state index in [1.807, 2.05) is 0 Å². The SMILES string of the molecule is COC(=O)c1sccc1NS(=O)(=O)N1CCC(C)CC1. The molecule has 0 atom stereocenters. The van der Waals surface area contributed by atoms with Crippen molar-refractivity contribution in [2.75, 3.05) is 24.9 Å². The highest BCUT2D eigenvalue weighted by molar-refractivity contribution is 7.90. The van der Waals surface area contributed by atoms with E-state index in [9.17, 15) is 13.2 Å². The lowest BCUT2D eigenvalue weighted by atomic mass is 10.0. The number of carbonyl (C=O) groups is 1. The molecule has 112 valence electrons. The summed E-state index contributed by atoms with van der Waals surface area (Å²) in [6.45, 7) is 3.13. The van der Waals surface area contributed by atoms with Gasteiger partial charge in [-0.25, -0.2) is 4.79 Å².